The summed E-state index contributed by atoms with van der Waals surface area (Å²) in [5, 5.41) is 35.0. The Bertz CT molecular complexity index is 1780. The number of aromatic amines is 2. The van der Waals surface area contributed by atoms with Gasteiger partial charge in [-0.3, -0.25) is 23.6 Å². The highest BCUT2D eigenvalue weighted by Gasteiger charge is 2.51. The maximum atomic E-state index is 15.1. The van der Waals surface area contributed by atoms with E-state index in [4.69, 9.17) is 24.3 Å². The normalized spacial score (nSPS) is 29.9. The van der Waals surface area contributed by atoms with Gasteiger partial charge in [0, 0.05) is 6.42 Å². The lowest BCUT2D eigenvalue weighted by Crippen LogP contribution is -2.36. The van der Waals surface area contributed by atoms with E-state index in [1.807, 2.05) is 0 Å². The van der Waals surface area contributed by atoms with Crippen molar-refractivity contribution in [3.05, 3.63) is 27.0 Å². The number of nitrogens with two attached hydrogens (primary N) is 1. The molecule has 0 amide bonds. The van der Waals surface area contributed by atoms with E-state index in [9.17, 15) is 24.4 Å². The van der Waals surface area contributed by atoms with Crippen molar-refractivity contribution < 1.29 is 37.7 Å². The monoisotopic (exact) mass is 617 g/mol. The number of nitrogens with zero attached hydrogens (tertiary/aromatic N) is 8. The van der Waals surface area contributed by atoms with Crippen molar-refractivity contribution in [2.24, 2.45) is 0 Å². The lowest BCUT2D eigenvalue weighted by Gasteiger charge is -2.24. The van der Waals surface area contributed by atoms with Crippen molar-refractivity contribution in [3.8, 4) is 0 Å². The van der Waals surface area contributed by atoms with Crippen LogP contribution in [0, 0.1) is 0 Å². The summed E-state index contributed by atoms with van der Waals surface area (Å²) in [4.78, 5) is 36.6. The molecule has 6 N–H and O–H groups in total. The Kier molecular flexibility index (Phi) is 6.89. The molecule has 20 nitrogen and oxygen atoms in total. The molecule has 4 aromatic rings. The molecule has 1 unspecified atom stereocenters. The minimum atomic E-state index is -4.32. The predicted octanol–water partition coefficient (Wildman–Crippen LogP) is -1.71. The standard InChI is InChI=1S/C18H21FN11O9PS/c19-18(34)2-9(29-12-10(25-27-29)14(32)22-5-21-12)38-8(18)4-36-40(35,41)39-7-1-6(3-31)37-16(7)30-13-11(26-28-30)15(33)24-17(20)23-13/h5-9,16,31,34H,1-4H2,(H,35,41)(H,21,22,32)(H3,20,23,24,33)/t6-,7+,8+,9+,16+,18+,40?/m0/s1. The van der Waals surface area contributed by atoms with E-state index >= 15 is 4.39 Å². The number of aliphatic hydroxyl groups excluding tert-OH is 1. The number of hydrogen-bond acceptors (Lipinski definition) is 16. The summed E-state index contributed by atoms with van der Waals surface area (Å²) in [6, 6.07) is 0. The fourth-order valence-electron chi connectivity index (χ4n) is 4.54. The van der Waals surface area contributed by atoms with E-state index < -0.39 is 74.2 Å². The zero-order chi connectivity index (χ0) is 29.1. The number of rotatable bonds is 8. The first kappa shape index (κ1) is 27.8. The number of aromatic nitrogens is 10. The fraction of sp³-hybridized carbons (Fsp3) is 0.556. The third-order valence-corrected chi connectivity index (χ3v) is 8.06. The zero-order valence-corrected chi connectivity index (χ0v) is 22.3. The molecule has 220 valence electrons. The quantitative estimate of drug-likeness (QED) is 0.0948. The van der Waals surface area contributed by atoms with Gasteiger partial charge < -0.3 is 30.4 Å². The molecule has 4 aromatic heterocycles. The molecule has 0 radical (unpaired) electrons. The fourth-order valence-corrected chi connectivity index (χ4v) is 6.02. The number of fused-ring (bicyclic) bond motifs is 2. The lowest BCUT2D eigenvalue weighted by molar-refractivity contribution is -0.148. The Balaban J connectivity index is 1.17. The summed E-state index contributed by atoms with van der Waals surface area (Å²) in [7, 11) is 0. The van der Waals surface area contributed by atoms with Crippen LogP contribution in [0.2, 0.25) is 0 Å². The summed E-state index contributed by atoms with van der Waals surface area (Å²) in [6.07, 6.45) is -5.61. The van der Waals surface area contributed by atoms with Gasteiger partial charge in [0.25, 0.3) is 11.1 Å². The Morgan fingerprint density at radius 1 is 1.22 bits per heavy atom. The molecule has 6 heterocycles. The van der Waals surface area contributed by atoms with Crippen molar-refractivity contribution in [2.75, 3.05) is 18.9 Å². The van der Waals surface area contributed by atoms with E-state index in [1.165, 1.54) is 0 Å². The Morgan fingerprint density at radius 2 is 1.95 bits per heavy atom. The third-order valence-electron chi connectivity index (χ3n) is 6.42. The molecule has 2 aliphatic rings. The molecule has 0 aliphatic carbocycles. The summed E-state index contributed by atoms with van der Waals surface area (Å²) in [5.74, 6) is -3.20. The highest BCUT2D eigenvalue weighted by atomic mass is 32.7. The molecule has 41 heavy (non-hydrogen) atoms. The van der Waals surface area contributed by atoms with Gasteiger partial charge in [-0.25, -0.2) is 13.9 Å². The maximum absolute atomic E-state index is 15.1. The topological polar surface area (TPSA) is 273 Å². The van der Waals surface area contributed by atoms with Gasteiger partial charge in [0.2, 0.25) is 11.8 Å². The second-order valence-electron chi connectivity index (χ2n) is 9.17. The van der Waals surface area contributed by atoms with Crippen molar-refractivity contribution >= 4 is 47.3 Å². The number of ether oxygens (including phenoxy) is 2. The van der Waals surface area contributed by atoms with Crippen LogP contribution < -0.4 is 16.9 Å². The van der Waals surface area contributed by atoms with Crippen LogP contribution in [0.25, 0.3) is 22.3 Å². The van der Waals surface area contributed by atoms with Gasteiger partial charge >= 0.3 is 6.80 Å². The number of nitrogen functional groups attached to an aromatic ring is 1. The van der Waals surface area contributed by atoms with E-state index in [-0.39, 0.29) is 34.7 Å². The van der Waals surface area contributed by atoms with Crippen LogP contribution in [0.4, 0.5) is 10.3 Å². The Hall–Kier alpha value is -3.37. The van der Waals surface area contributed by atoms with Crippen LogP contribution >= 0.6 is 19.0 Å². The number of anilines is 1. The minimum Gasteiger partial charge on any atom is -0.394 e. The van der Waals surface area contributed by atoms with E-state index in [2.05, 4.69) is 52.8 Å². The highest BCUT2D eigenvalue weighted by molar-refractivity contribution is 8.44. The second-order valence-corrected chi connectivity index (χ2v) is 12.0. The smallest absolute Gasteiger partial charge is 0.386 e. The second kappa shape index (κ2) is 10.2. The molecular weight excluding hydrogens is 596 g/mol. The first-order chi connectivity index (χ1) is 19.5. The van der Waals surface area contributed by atoms with Crippen molar-refractivity contribution in [3.63, 3.8) is 0 Å². The molecule has 0 spiro atoms. The van der Waals surface area contributed by atoms with Gasteiger partial charge in [-0.2, -0.15) is 14.3 Å². The average molecular weight is 617 g/mol. The number of H-pyrrole nitrogens is 2. The van der Waals surface area contributed by atoms with Gasteiger partial charge in [-0.15, -0.1) is 10.2 Å². The van der Waals surface area contributed by atoms with Gasteiger partial charge in [-0.05, 0) is 0 Å². The van der Waals surface area contributed by atoms with E-state index in [1.54, 1.807) is 0 Å². The predicted molar refractivity (Wildman–Crippen MR) is 134 cm³/mol. The van der Waals surface area contributed by atoms with Gasteiger partial charge in [-0.1, -0.05) is 22.7 Å². The molecular formula is C18H21FN11O9PS. The molecule has 0 aromatic carbocycles. The van der Waals surface area contributed by atoms with Crippen molar-refractivity contribution in [1.29, 1.82) is 0 Å². The van der Waals surface area contributed by atoms with E-state index in [0.717, 1.165) is 15.7 Å². The van der Waals surface area contributed by atoms with E-state index in [0.29, 0.717) is 0 Å². The van der Waals surface area contributed by atoms with Gasteiger partial charge in [0.05, 0.1) is 32.1 Å². The van der Waals surface area contributed by atoms with Gasteiger partial charge in [0.15, 0.2) is 34.8 Å². The molecule has 23 heteroatoms. The van der Waals surface area contributed by atoms with Gasteiger partial charge in [0.1, 0.15) is 12.2 Å². The minimum absolute atomic E-state index is 0.0103. The van der Waals surface area contributed by atoms with Crippen LogP contribution in [-0.2, 0) is 23.1 Å². The molecule has 0 saturated carbocycles. The molecule has 2 fully saturated rings. The van der Waals surface area contributed by atoms with Crippen LogP contribution in [-0.4, -0.2) is 97.5 Å². The lowest BCUT2D eigenvalue weighted by atomic mass is 10.1. The molecule has 2 aliphatic heterocycles. The average Bonchev–Trinajstić information content (AvgIpc) is 3.67. The Morgan fingerprint density at radius 3 is 2.71 bits per heavy atom. The number of alkyl halides is 1. The highest BCUT2D eigenvalue weighted by Crippen LogP contribution is 2.57. The summed E-state index contributed by atoms with van der Waals surface area (Å²) in [5.41, 5.74) is 4.03. The number of aliphatic hydroxyl groups is 2. The first-order valence-corrected chi connectivity index (χ1v) is 14.5. The summed E-state index contributed by atoms with van der Waals surface area (Å²) < 4.78 is 52.4. The number of hydrogen-bond donors (Lipinski definition) is 6. The first-order valence-electron chi connectivity index (χ1n) is 11.8. The SMILES string of the molecule is Nc1nc2c(nnn2[C@@H]2O[C@H](CO)C[C@H]2OP(=O)(S)OC[C@H]2O[C@@H](n3nnc4c(=O)[nH]cnc43)C[C@]2(O)F)c(=O)[nH]1. The largest absolute Gasteiger partial charge is 0.394 e. The Labute approximate surface area is 230 Å². The molecule has 2 saturated heterocycles. The maximum Gasteiger partial charge on any atom is 0.386 e. The zero-order valence-electron chi connectivity index (χ0n) is 20.5. The van der Waals surface area contributed by atoms with Crippen LogP contribution in [0.1, 0.15) is 25.3 Å². The third kappa shape index (κ3) is 5.12. The molecule has 7 atom stereocenters. The number of halogens is 1. The number of thiol groups is 1. The number of nitrogens with one attached hydrogen (secondary N) is 2. The van der Waals surface area contributed by atoms with Crippen molar-refractivity contribution in [2.45, 2.75) is 49.5 Å². The summed E-state index contributed by atoms with van der Waals surface area (Å²) in [6.45, 7) is -5.55. The van der Waals surface area contributed by atoms with Crippen LogP contribution in [0.3, 0.4) is 0 Å². The molecule has 0 bridgehead atoms. The van der Waals surface area contributed by atoms with Crippen LogP contribution in [0.15, 0.2) is 15.9 Å². The molecule has 6 rings (SSSR count). The summed E-state index contributed by atoms with van der Waals surface area (Å²) >= 11 is 3.96. The van der Waals surface area contributed by atoms with Crippen LogP contribution in [0.5, 0.6) is 0 Å². The van der Waals surface area contributed by atoms with Crippen molar-refractivity contribution in [1.82, 2.24) is 49.9 Å².